The van der Waals surface area contributed by atoms with Gasteiger partial charge in [-0.05, 0) is 57.6 Å². The van der Waals surface area contributed by atoms with Crippen molar-refractivity contribution in [2.75, 3.05) is 4.90 Å². The number of para-hydroxylation sites is 1. The third-order valence-corrected chi connectivity index (χ3v) is 8.82. The first kappa shape index (κ1) is 24.7. The first-order valence-electron chi connectivity index (χ1n) is 15.0. The van der Waals surface area contributed by atoms with E-state index in [-0.39, 0.29) is 0 Å². The third kappa shape index (κ3) is 3.75. The monoisotopic (exact) mass is 561 g/mol. The molecule has 9 rings (SSSR count). The first-order valence-corrected chi connectivity index (χ1v) is 15.0. The fourth-order valence-electron chi connectivity index (χ4n) is 6.89. The van der Waals surface area contributed by atoms with E-state index in [1.165, 1.54) is 32.7 Å². The maximum Gasteiger partial charge on any atom is 0.143 e. The van der Waals surface area contributed by atoms with Crippen LogP contribution < -0.4 is 4.90 Å². The summed E-state index contributed by atoms with van der Waals surface area (Å²) in [6.45, 7) is 0. The lowest BCUT2D eigenvalue weighted by Gasteiger charge is -2.28. The Kier molecular flexibility index (Phi) is 5.54. The molecular formula is C42H27NO. The minimum atomic E-state index is 0.893. The van der Waals surface area contributed by atoms with E-state index in [0.29, 0.717) is 0 Å². The largest absolute Gasteiger partial charge is 0.455 e. The van der Waals surface area contributed by atoms with Crippen LogP contribution in [0.1, 0.15) is 0 Å². The van der Waals surface area contributed by atoms with Crippen molar-refractivity contribution in [2.24, 2.45) is 0 Å². The van der Waals surface area contributed by atoms with Crippen LogP contribution in [0, 0.1) is 0 Å². The molecule has 0 aliphatic heterocycles. The molecule has 1 heterocycles. The molecule has 2 nitrogen and oxygen atoms in total. The first-order chi connectivity index (χ1) is 21.8. The molecular weight excluding hydrogens is 534 g/mol. The van der Waals surface area contributed by atoms with Gasteiger partial charge < -0.3 is 9.32 Å². The summed E-state index contributed by atoms with van der Waals surface area (Å²) in [6.07, 6.45) is 0. The SMILES string of the molecule is c1ccc(N(c2cccc3ccccc23)c2cc3c(oc4cccc(-c5cccc6ccccc56)c43)c3ccccc23)cc1. The van der Waals surface area contributed by atoms with Crippen molar-refractivity contribution in [1.82, 2.24) is 0 Å². The van der Waals surface area contributed by atoms with Crippen LogP contribution in [0.4, 0.5) is 17.1 Å². The molecule has 0 radical (unpaired) electrons. The molecule has 0 N–H and O–H groups in total. The topological polar surface area (TPSA) is 16.4 Å². The molecule has 0 saturated heterocycles. The average Bonchev–Trinajstić information content (AvgIpc) is 3.48. The maximum absolute atomic E-state index is 6.74. The molecule has 0 aliphatic carbocycles. The summed E-state index contributed by atoms with van der Waals surface area (Å²) >= 11 is 0. The lowest BCUT2D eigenvalue weighted by atomic mass is 9.93. The second-order valence-electron chi connectivity index (χ2n) is 11.3. The molecule has 0 atom stereocenters. The van der Waals surface area contributed by atoms with Crippen molar-refractivity contribution in [3.8, 4) is 11.1 Å². The number of hydrogen-bond donors (Lipinski definition) is 0. The highest BCUT2D eigenvalue weighted by Gasteiger charge is 2.22. The minimum Gasteiger partial charge on any atom is -0.455 e. The normalized spacial score (nSPS) is 11.6. The molecule has 0 bridgehead atoms. The Morgan fingerprint density at radius 1 is 0.386 bits per heavy atom. The Morgan fingerprint density at radius 3 is 1.80 bits per heavy atom. The van der Waals surface area contributed by atoms with Gasteiger partial charge in [-0.1, -0.05) is 133 Å². The maximum atomic E-state index is 6.74. The van der Waals surface area contributed by atoms with Crippen LogP contribution in [0.5, 0.6) is 0 Å². The van der Waals surface area contributed by atoms with Gasteiger partial charge in [-0.25, -0.2) is 0 Å². The Labute approximate surface area is 255 Å². The smallest absolute Gasteiger partial charge is 0.143 e. The third-order valence-electron chi connectivity index (χ3n) is 8.82. The van der Waals surface area contributed by atoms with Crippen LogP contribution in [0.15, 0.2) is 168 Å². The molecule has 0 unspecified atom stereocenters. The van der Waals surface area contributed by atoms with Crippen LogP contribution in [0.25, 0.3) is 65.4 Å². The van der Waals surface area contributed by atoms with E-state index in [9.17, 15) is 0 Å². The highest BCUT2D eigenvalue weighted by atomic mass is 16.3. The number of nitrogens with zero attached hydrogens (tertiary/aromatic N) is 1. The predicted molar refractivity (Wildman–Crippen MR) is 186 cm³/mol. The number of furan rings is 1. The second-order valence-corrected chi connectivity index (χ2v) is 11.3. The quantitative estimate of drug-likeness (QED) is 0.212. The van der Waals surface area contributed by atoms with Gasteiger partial charge >= 0.3 is 0 Å². The molecule has 206 valence electrons. The zero-order chi connectivity index (χ0) is 29.0. The molecule has 0 saturated carbocycles. The van der Waals surface area contributed by atoms with Gasteiger partial charge in [0.15, 0.2) is 0 Å². The fraction of sp³-hybridized carbons (Fsp3) is 0. The van der Waals surface area contributed by atoms with E-state index in [1.54, 1.807) is 0 Å². The number of rotatable bonds is 4. The summed E-state index contributed by atoms with van der Waals surface area (Å²) in [5.41, 5.74) is 7.56. The van der Waals surface area contributed by atoms with Crippen molar-refractivity contribution >= 4 is 71.3 Å². The van der Waals surface area contributed by atoms with Crippen molar-refractivity contribution < 1.29 is 4.42 Å². The summed E-state index contributed by atoms with van der Waals surface area (Å²) in [5, 5.41) is 9.37. The lowest BCUT2D eigenvalue weighted by molar-refractivity contribution is 0.673. The van der Waals surface area contributed by atoms with Crippen molar-refractivity contribution in [3.63, 3.8) is 0 Å². The number of anilines is 3. The highest BCUT2D eigenvalue weighted by Crippen LogP contribution is 2.47. The number of benzene rings is 8. The summed E-state index contributed by atoms with van der Waals surface area (Å²) in [5.74, 6) is 0. The Hall–Kier alpha value is -5.86. The van der Waals surface area contributed by atoms with Crippen LogP contribution in [0.2, 0.25) is 0 Å². The Balaban J connectivity index is 1.42. The predicted octanol–water partition coefficient (Wildman–Crippen LogP) is 12.2. The van der Waals surface area contributed by atoms with E-state index in [0.717, 1.165) is 49.8 Å². The molecule has 1 aromatic heterocycles. The Morgan fingerprint density at radius 2 is 0.977 bits per heavy atom. The molecule has 2 heteroatoms. The van der Waals surface area contributed by atoms with E-state index >= 15 is 0 Å². The summed E-state index contributed by atoms with van der Waals surface area (Å²) < 4.78 is 6.74. The van der Waals surface area contributed by atoms with Gasteiger partial charge in [0.2, 0.25) is 0 Å². The summed E-state index contributed by atoms with van der Waals surface area (Å²) in [4.78, 5) is 2.41. The van der Waals surface area contributed by atoms with Crippen LogP contribution in [-0.4, -0.2) is 0 Å². The van der Waals surface area contributed by atoms with Crippen LogP contribution in [-0.2, 0) is 0 Å². The van der Waals surface area contributed by atoms with Crippen molar-refractivity contribution in [1.29, 1.82) is 0 Å². The molecule has 0 amide bonds. The number of fused-ring (bicyclic) bond motifs is 7. The lowest BCUT2D eigenvalue weighted by Crippen LogP contribution is -2.11. The van der Waals surface area contributed by atoms with Crippen LogP contribution in [0.3, 0.4) is 0 Å². The molecule has 8 aromatic carbocycles. The van der Waals surface area contributed by atoms with Gasteiger partial charge in [0.25, 0.3) is 0 Å². The van der Waals surface area contributed by atoms with E-state index in [4.69, 9.17) is 4.42 Å². The van der Waals surface area contributed by atoms with Crippen LogP contribution >= 0.6 is 0 Å². The van der Waals surface area contributed by atoms with E-state index in [1.807, 2.05) is 0 Å². The van der Waals surface area contributed by atoms with Gasteiger partial charge in [-0.15, -0.1) is 0 Å². The van der Waals surface area contributed by atoms with Crippen molar-refractivity contribution in [3.05, 3.63) is 164 Å². The Bertz CT molecular complexity index is 2500. The van der Waals surface area contributed by atoms with Gasteiger partial charge in [-0.3, -0.25) is 0 Å². The minimum absolute atomic E-state index is 0.893. The highest BCUT2D eigenvalue weighted by molar-refractivity contribution is 6.23. The van der Waals surface area contributed by atoms with Crippen molar-refractivity contribution in [2.45, 2.75) is 0 Å². The number of hydrogen-bond acceptors (Lipinski definition) is 2. The van der Waals surface area contributed by atoms with Gasteiger partial charge in [0.1, 0.15) is 11.2 Å². The van der Waals surface area contributed by atoms with Gasteiger partial charge in [-0.2, -0.15) is 0 Å². The molecule has 0 fully saturated rings. The standard InChI is InChI=1S/C42H27NO/c1-2-17-30(18-3-1)43(38-25-11-16-29-14-5-7-20-32(29)38)39-27-37-41-35(33-23-10-15-28-13-4-6-19-31(28)33)24-12-26-40(41)44-42(37)36-22-9-8-21-34(36)39/h1-27H. The fourth-order valence-corrected chi connectivity index (χ4v) is 6.89. The molecule has 9 aromatic rings. The summed E-state index contributed by atoms with van der Waals surface area (Å²) in [6, 6.07) is 58.4. The zero-order valence-corrected chi connectivity index (χ0v) is 23.9. The second kappa shape index (κ2) is 9.86. The average molecular weight is 562 g/mol. The van der Waals surface area contributed by atoms with E-state index in [2.05, 4.69) is 169 Å². The van der Waals surface area contributed by atoms with Gasteiger partial charge in [0, 0.05) is 32.6 Å². The van der Waals surface area contributed by atoms with E-state index < -0.39 is 0 Å². The molecule has 0 aliphatic rings. The molecule has 0 spiro atoms. The zero-order valence-electron chi connectivity index (χ0n) is 23.9. The molecule has 44 heavy (non-hydrogen) atoms. The van der Waals surface area contributed by atoms with Gasteiger partial charge in [0.05, 0.1) is 11.4 Å². The summed E-state index contributed by atoms with van der Waals surface area (Å²) in [7, 11) is 0.